The zero-order valence-electron chi connectivity index (χ0n) is 6.47. The molecule has 0 aliphatic heterocycles. The lowest BCUT2D eigenvalue weighted by atomic mass is 10.5. The summed E-state index contributed by atoms with van der Waals surface area (Å²) in [5.74, 6) is -0.178. The SMILES string of the molecule is NCC(=O)NCCn1cnnn1. The maximum atomic E-state index is 10.6. The third-order valence-electron chi connectivity index (χ3n) is 1.24. The van der Waals surface area contributed by atoms with Crippen LogP contribution < -0.4 is 11.1 Å². The van der Waals surface area contributed by atoms with Crippen LogP contribution in [0.1, 0.15) is 0 Å². The molecule has 0 unspecified atom stereocenters. The Morgan fingerprint density at radius 2 is 2.50 bits per heavy atom. The second kappa shape index (κ2) is 4.39. The van der Waals surface area contributed by atoms with Gasteiger partial charge >= 0.3 is 0 Å². The van der Waals surface area contributed by atoms with Gasteiger partial charge in [-0.3, -0.25) is 4.79 Å². The van der Waals surface area contributed by atoms with Crippen molar-refractivity contribution in [2.24, 2.45) is 5.73 Å². The summed E-state index contributed by atoms with van der Waals surface area (Å²) in [5.41, 5.74) is 5.07. The van der Waals surface area contributed by atoms with Gasteiger partial charge in [0.15, 0.2) is 0 Å². The molecule has 0 radical (unpaired) electrons. The molecule has 7 nitrogen and oxygen atoms in total. The normalized spacial score (nSPS) is 9.75. The molecular weight excluding hydrogens is 160 g/mol. The van der Waals surface area contributed by atoms with E-state index in [4.69, 9.17) is 5.73 Å². The molecular formula is C5H10N6O. The molecule has 1 heterocycles. The highest BCUT2D eigenvalue weighted by atomic mass is 16.1. The third kappa shape index (κ3) is 2.62. The van der Waals surface area contributed by atoms with Crippen molar-refractivity contribution in [1.82, 2.24) is 25.5 Å². The summed E-state index contributed by atoms with van der Waals surface area (Å²) < 4.78 is 1.52. The van der Waals surface area contributed by atoms with Crippen molar-refractivity contribution < 1.29 is 4.79 Å². The van der Waals surface area contributed by atoms with Gasteiger partial charge in [-0.05, 0) is 10.4 Å². The van der Waals surface area contributed by atoms with E-state index in [0.29, 0.717) is 13.1 Å². The summed E-state index contributed by atoms with van der Waals surface area (Å²) in [5, 5.41) is 13.1. The summed E-state index contributed by atoms with van der Waals surface area (Å²) in [4.78, 5) is 10.6. The summed E-state index contributed by atoms with van der Waals surface area (Å²) in [6, 6.07) is 0. The van der Waals surface area contributed by atoms with Crippen LogP contribution in [0, 0.1) is 0 Å². The second-order valence-corrected chi connectivity index (χ2v) is 2.13. The first kappa shape index (κ1) is 8.60. The van der Waals surface area contributed by atoms with E-state index in [1.54, 1.807) is 0 Å². The fourth-order valence-electron chi connectivity index (χ4n) is 0.665. The zero-order valence-corrected chi connectivity index (χ0v) is 6.47. The molecule has 1 rings (SSSR count). The van der Waals surface area contributed by atoms with E-state index in [1.807, 2.05) is 0 Å². The Balaban J connectivity index is 2.15. The van der Waals surface area contributed by atoms with Gasteiger partial charge in [-0.25, -0.2) is 4.68 Å². The first-order chi connectivity index (χ1) is 5.83. The van der Waals surface area contributed by atoms with Crippen molar-refractivity contribution in [3.8, 4) is 0 Å². The molecule has 1 amide bonds. The number of rotatable bonds is 4. The first-order valence-corrected chi connectivity index (χ1v) is 3.50. The topological polar surface area (TPSA) is 98.7 Å². The number of tetrazole rings is 1. The van der Waals surface area contributed by atoms with Gasteiger partial charge in [-0.15, -0.1) is 5.10 Å². The van der Waals surface area contributed by atoms with Gasteiger partial charge in [-0.1, -0.05) is 0 Å². The van der Waals surface area contributed by atoms with Crippen LogP contribution in [-0.4, -0.2) is 39.2 Å². The van der Waals surface area contributed by atoms with Gasteiger partial charge in [0.05, 0.1) is 13.1 Å². The van der Waals surface area contributed by atoms with Gasteiger partial charge in [-0.2, -0.15) is 0 Å². The predicted molar refractivity (Wildman–Crippen MR) is 39.9 cm³/mol. The van der Waals surface area contributed by atoms with Crippen molar-refractivity contribution in [3.63, 3.8) is 0 Å². The Kier molecular flexibility index (Phi) is 3.15. The molecule has 0 bridgehead atoms. The molecule has 0 spiro atoms. The lowest BCUT2D eigenvalue weighted by Crippen LogP contribution is -2.32. The summed E-state index contributed by atoms with van der Waals surface area (Å²) in [6.45, 7) is 1.05. The summed E-state index contributed by atoms with van der Waals surface area (Å²) in [6.07, 6.45) is 1.48. The summed E-state index contributed by atoms with van der Waals surface area (Å²) in [7, 11) is 0. The maximum Gasteiger partial charge on any atom is 0.233 e. The number of carbonyl (C=O) groups excluding carboxylic acids is 1. The molecule has 0 fully saturated rings. The number of aromatic nitrogens is 4. The highest BCUT2D eigenvalue weighted by Crippen LogP contribution is 1.74. The Bertz CT molecular complexity index is 232. The molecule has 3 N–H and O–H groups in total. The molecule has 0 saturated heterocycles. The minimum Gasteiger partial charge on any atom is -0.353 e. The monoisotopic (exact) mass is 170 g/mol. The van der Waals surface area contributed by atoms with Crippen LogP contribution in [0.3, 0.4) is 0 Å². The standard InChI is InChI=1S/C5H10N6O/c6-3-5(12)7-1-2-11-4-8-9-10-11/h4H,1-3,6H2,(H,7,12). The van der Waals surface area contributed by atoms with Crippen LogP contribution in [0.15, 0.2) is 6.33 Å². The van der Waals surface area contributed by atoms with Crippen molar-refractivity contribution in [2.45, 2.75) is 6.54 Å². The van der Waals surface area contributed by atoms with E-state index in [1.165, 1.54) is 11.0 Å². The highest BCUT2D eigenvalue weighted by Gasteiger charge is 1.96. The minimum atomic E-state index is -0.178. The van der Waals surface area contributed by atoms with E-state index in [2.05, 4.69) is 20.8 Å². The van der Waals surface area contributed by atoms with Crippen LogP contribution in [0.4, 0.5) is 0 Å². The number of hydrogen-bond acceptors (Lipinski definition) is 5. The molecule has 66 valence electrons. The number of nitrogens with two attached hydrogens (primary N) is 1. The molecule has 0 atom stereocenters. The van der Waals surface area contributed by atoms with Crippen LogP contribution in [0.25, 0.3) is 0 Å². The maximum absolute atomic E-state index is 10.6. The number of carbonyl (C=O) groups is 1. The fourth-order valence-corrected chi connectivity index (χ4v) is 0.665. The lowest BCUT2D eigenvalue weighted by Gasteiger charge is -2.01. The molecule has 0 aromatic carbocycles. The molecule has 0 aliphatic rings. The highest BCUT2D eigenvalue weighted by molar-refractivity contribution is 5.77. The number of nitrogens with one attached hydrogen (secondary N) is 1. The van der Waals surface area contributed by atoms with Crippen LogP contribution >= 0.6 is 0 Å². The largest absolute Gasteiger partial charge is 0.353 e. The number of amides is 1. The molecule has 0 saturated carbocycles. The average Bonchev–Trinajstić information content (AvgIpc) is 2.57. The van der Waals surface area contributed by atoms with E-state index in [-0.39, 0.29) is 12.5 Å². The van der Waals surface area contributed by atoms with Gasteiger partial charge in [0.1, 0.15) is 6.33 Å². The van der Waals surface area contributed by atoms with Gasteiger partial charge in [0, 0.05) is 6.54 Å². The Hall–Kier alpha value is -1.50. The first-order valence-electron chi connectivity index (χ1n) is 3.50. The molecule has 7 heteroatoms. The van der Waals surface area contributed by atoms with Crippen molar-refractivity contribution >= 4 is 5.91 Å². The average molecular weight is 170 g/mol. The van der Waals surface area contributed by atoms with Crippen molar-refractivity contribution in [2.75, 3.05) is 13.1 Å². The van der Waals surface area contributed by atoms with Crippen molar-refractivity contribution in [3.05, 3.63) is 6.33 Å². The van der Waals surface area contributed by atoms with E-state index in [9.17, 15) is 4.79 Å². The second-order valence-electron chi connectivity index (χ2n) is 2.13. The quantitative estimate of drug-likeness (QED) is 0.531. The van der Waals surface area contributed by atoms with Crippen LogP contribution in [-0.2, 0) is 11.3 Å². The molecule has 1 aromatic heterocycles. The molecule has 1 aromatic rings. The van der Waals surface area contributed by atoms with Gasteiger partial charge in [0.2, 0.25) is 5.91 Å². The van der Waals surface area contributed by atoms with E-state index < -0.39 is 0 Å². The van der Waals surface area contributed by atoms with Gasteiger partial charge in [0.25, 0.3) is 0 Å². The minimum absolute atomic E-state index is 0.00953. The van der Waals surface area contributed by atoms with Crippen LogP contribution in [0.2, 0.25) is 0 Å². The Morgan fingerprint density at radius 3 is 3.08 bits per heavy atom. The molecule has 12 heavy (non-hydrogen) atoms. The predicted octanol–water partition coefficient (Wildman–Crippen LogP) is -2.25. The third-order valence-corrected chi connectivity index (χ3v) is 1.24. The number of hydrogen-bond donors (Lipinski definition) is 2. The zero-order chi connectivity index (χ0) is 8.81. The Morgan fingerprint density at radius 1 is 1.67 bits per heavy atom. The molecule has 0 aliphatic carbocycles. The van der Waals surface area contributed by atoms with Gasteiger partial charge < -0.3 is 11.1 Å². The van der Waals surface area contributed by atoms with E-state index >= 15 is 0 Å². The lowest BCUT2D eigenvalue weighted by molar-refractivity contribution is -0.119. The Labute approximate surface area is 68.9 Å². The van der Waals surface area contributed by atoms with Crippen molar-refractivity contribution in [1.29, 1.82) is 0 Å². The smallest absolute Gasteiger partial charge is 0.233 e. The summed E-state index contributed by atoms with van der Waals surface area (Å²) >= 11 is 0. The fraction of sp³-hybridized carbons (Fsp3) is 0.600. The van der Waals surface area contributed by atoms with E-state index in [0.717, 1.165) is 0 Å². The van der Waals surface area contributed by atoms with Crippen LogP contribution in [0.5, 0.6) is 0 Å². The number of nitrogens with zero attached hydrogens (tertiary/aromatic N) is 4.